The first-order valence-corrected chi connectivity index (χ1v) is 11.3. The highest BCUT2D eigenvalue weighted by Gasteiger charge is 2.26. The SMILES string of the molecule is O=C(c1cc2c(ccc3ccccc32)oc1=O)N1CCN(c2nc3ccccc3s2)CC1. The van der Waals surface area contributed by atoms with Gasteiger partial charge in [0.25, 0.3) is 5.91 Å². The molecular weight excluding hydrogens is 422 g/mol. The highest BCUT2D eigenvalue weighted by molar-refractivity contribution is 7.22. The fraction of sp³-hybridized carbons (Fsp3) is 0.160. The molecule has 3 heterocycles. The lowest BCUT2D eigenvalue weighted by atomic mass is 10.0. The molecule has 158 valence electrons. The molecule has 7 heteroatoms. The van der Waals surface area contributed by atoms with E-state index in [0.29, 0.717) is 31.8 Å². The Labute approximate surface area is 187 Å². The quantitative estimate of drug-likeness (QED) is 0.298. The maximum atomic E-state index is 13.2. The Bertz CT molecular complexity index is 1510. The number of anilines is 1. The van der Waals surface area contributed by atoms with E-state index in [9.17, 15) is 9.59 Å². The Morgan fingerprint density at radius 3 is 2.53 bits per heavy atom. The molecule has 6 rings (SSSR count). The minimum absolute atomic E-state index is 0.0855. The largest absolute Gasteiger partial charge is 0.422 e. The third-order valence-corrected chi connectivity index (χ3v) is 7.09. The predicted molar refractivity (Wildman–Crippen MR) is 128 cm³/mol. The van der Waals surface area contributed by atoms with Crippen LogP contribution in [0.3, 0.4) is 0 Å². The molecule has 3 aromatic carbocycles. The van der Waals surface area contributed by atoms with Gasteiger partial charge in [-0.2, -0.15) is 0 Å². The van der Waals surface area contributed by atoms with E-state index in [-0.39, 0.29) is 11.5 Å². The first-order valence-electron chi connectivity index (χ1n) is 10.5. The van der Waals surface area contributed by atoms with Crippen molar-refractivity contribution in [1.29, 1.82) is 0 Å². The van der Waals surface area contributed by atoms with Gasteiger partial charge in [-0.3, -0.25) is 4.79 Å². The van der Waals surface area contributed by atoms with Crippen molar-refractivity contribution >= 4 is 54.3 Å². The lowest BCUT2D eigenvalue weighted by molar-refractivity contribution is 0.0742. The van der Waals surface area contributed by atoms with Crippen molar-refractivity contribution in [3.05, 3.63) is 82.7 Å². The second-order valence-corrected chi connectivity index (χ2v) is 8.90. The van der Waals surface area contributed by atoms with Crippen molar-refractivity contribution in [3.63, 3.8) is 0 Å². The lowest BCUT2D eigenvalue weighted by Crippen LogP contribution is -2.49. The van der Waals surface area contributed by atoms with Crippen LogP contribution in [0.5, 0.6) is 0 Å². The Hall–Kier alpha value is -3.71. The molecule has 0 spiro atoms. The molecule has 5 aromatic rings. The second kappa shape index (κ2) is 7.46. The van der Waals surface area contributed by atoms with Gasteiger partial charge < -0.3 is 14.2 Å². The molecule has 0 saturated carbocycles. The van der Waals surface area contributed by atoms with Crippen LogP contribution in [0.1, 0.15) is 10.4 Å². The van der Waals surface area contributed by atoms with Gasteiger partial charge >= 0.3 is 5.63 Å². The number of carbonyl (C=O) groups is 1. The van der Waals surface area contributed by atoms with Crippen LogP contribution in [-0.4, -0.2) is 42.0 Å². The van der Waals surface area contributed by atoms with E-state index >= 15 is 0 Å². The van der Waals surface area contributed by atoms with E-state index in [1.165, 1.54) is 0 Å². The van der Waals surface area contributed by atoms with Gasteiger partial charge in [0.2, 0.25) is 0 Å². The van der Waals surface area contributed by atoms with Gasteiger partial charge in [-0.05, 0) is 35.0 Å². The standard InChI is InChI=1S/C25H19N3O3S/c29-23(19-15-18-17-6-2-1-5-16(17)9-10-21(18)31-24(19)30)27-11-13-28(14-12-27)25-26-20-7-3-4-8-22(20)32-25/h1-10,15H,11-14H2. The van der Waals surface area contributed by atoms with Gasteiger partial charge in [-0.1, -0.05) is 53.8 Å². The molecule has 0 unspecified atom stereocenters. The average molecular weight is 442 g/mol. The summed E-state index contributed by atoms with van der Waals surface area (Å²) >= 11 is 1.66. The zero-order valence-corrected chi connectivity index (χ0v) is 18.0. The van der Waals surface area contributed by atoms with Crippen molar-refractivity contribution in [2.45, 2.75) is 0 Å². The number of hydrogen-bond donors (Lipinski definition) is 0. The fourth-order valence-corrected chi connectivity index (χ4v) is 5.30. The molecule has 1 saturated heterocycles. The molecule has 2 aromatic heterocycles. The molecule has 1 aliphatic heterocycles. The minimum Gasteiger partial charge on any atom is -0.422 e. The zero-order chi connectivity index (χ0) is 21.7. The van der Waals surface area contributed by atoms with Gasteiger partial charge in [0.1, 0.15) is 11.1 Å². The molecule has 1 amide bonds. The number of aromatic nitrogens is 1. The van der Waals surface area contributed by atoms with Crippen LogP contribution in [0.2, 0.25) is 0 Å². The summed E-state index contributed by atoms with van der Waals surface area (Å²) in [6.45, 7) is 2.41. The molecule has 6 nitrogen and oxygen atoms in total. The summed E-state index contributed by atoms with van der Waals surface area (Å²) in [6, 6.07) is 21.3. The van der Waals surface area contributed by atoms with E-state index in [1.54, 1.807) is 28.4 Å². The van der Waals surface area contributed by atoms with Crippen molar-refractivity contribution < 1.29 is 9.21 Å². The number of piperazine rings is 1. The maximum absolute atomic E-state index is 13.2. The average Bonchev–Trinajstić information content (AvgIpc) is 3.27. The Balaban J connectivity index is 1.27. The summed E-state index contributed by atoms with van der Waals surface area (Å²) in [6.07, 6.45) is 0. The minimum atomic E-state index is -0.591. The molecule has 1 fully saturated rings. The number of amides is 1. The summed E-state index contributed by atoms with van der Waals surface area (Å²) < 4.78 is 6.67. The molecule has 0 N–H and O–H groups in total. The zero-order valence-electron chi connectivity index (χ0n) is 17.2. The van der Waals surface area contributed by atoms with Crippen LogP contribution in [-0.2, 0) is 0 Å². The number of para-hydroxylation sites is 1. The second-order valence-electron chi connectivity index (χ2n) is 7.89. The number of hydrogen-bond acceptors (Lipinski definition) is 6. The van der Waals surface area contributed by atoms with Gasteiger partial charge in [-0.15, -0.1) is 0 Å². The summed E-state index contributed by atoms with van der Waals surface area (Å²) in [7, 11) is 0. The molecular formula is C25H19N3O3S. The highest BCUT2D eigenvalue weighted by atomic mass is 32.1. The van der Waals surface area contributed by atoms with Crippen LogP contribution in [0.4, 0.5) is 5.13 Å². The van der Waals surface area contributed by atoms with Crippen LogP contribution in [0.25, 0.3) is 32.0 Å². The van der Waals surface area contributed by atoms with Crippen molar-refractivity contribution in [3.8, 4) is 0 Å². The van der Waals surface area contributed by atoms with E-state index in [2.05, 4.69) is 11.0 Å². The maximum Gasteiger partial charge on any atom is 0.349 e. The summed E-state index contributed by atoms with van der Waals surface area (Å²) in [4.78, 5) is 34.5. The van der Waals surface area contributed by atoms with Crippen LogP contribution in [0, 0.1) is 0 Å². The first-order chi connectivity index (χ1) is 15.7. The van der Waals surface area contributed by atoms with Crippen LogP contribution >= 0.6 is 11.3 Å². The summed E-state index contributed by atoms with van der Waals surface area (Å²) in [5, 5.41) is 3.74. The topological polar surface area (TPSA) is 66.7 Å². The molecule has 0 atom stereocenters. The number of nitrogens with zero attached hydrogens (tertiary/aromatic N) is 3. The molecule has 0 aliphatic carbocycles. The Kier molecular flexibility index (Phi) is 4.43. The third-order valence-electron chi connectivity index (χ3n) is 5.99. The summed E-state index contributed by atoms with van der Waals surface area (Å²) in [5.74, 6) is -0.280. The van der Waals surface area contributed by atoms with Gasteiger partial charge in [0.15, 0.2) is 5.13 Å². The smallest absolute Gasteiger partial charge is 0.349 e. The number of benzene rings is 3. The highest BCUT2D eigenvalue weighted by Crippen LogP contribution is 2.29. The number of carbonyl (C=O) groups excluding carboxylic acids is 1. The van der Waals surface area contributed by atoms with Crippen LogP contribution in [0.15, 0.2) is 75.9 Å². The van der Waals surface area contributed by atoms with Gasteiger partial charge in [0.05, 0.1) is 10.2 Å². The van der Waals surface area contributed by atoms with Crippen LogP contribution < -0.4 is 10.5 Å². The fourth-order valence-electron chi connectivity index (χ4n) is 4.29. The van der Waals surface area contributed by atoms with Gasteiger partial charge in [-0.25, -0.2) is 9.78 Å². The monoisotopic (exact) mass is 441 g/mol. The lowest BCUT2D eigenvalue weighted by Gasteiger charge is -2.34. The van der Waals surface area contributed by atoms with Gasteiger partial charge in [0, 0.05) is 31.6 Å². The Morgan fingerprint density at radius 1 is 0.906 bits per heavy atom. The normalized spacial score (nSPS) is 14.5. The molecule has 0 radical (unpaired) electrons. The van der Waals surface area contributed by atoms with Crippen molar-refractivity contribution in [1.82, 2.24) is 9.88 Å². The number of thiazole rings is 1. The molecule has 32 heavy (non-hydrogen) atoms. The molecule has 0 bridgehead atoms. The van der Waals surface area contributed by atoms with E-state index in [1.807, 2.05) is 48.5 Å². The Morgan fingerprint density at radius 2 is 1.69 bits per heavy atom. The van der Waals surface area contributed by atoms with E-state index in [4.69, 9.17) is 9.40 Å². The third kappa shape index (κ3) is 3.13. The van der Waals surface area contributed by atoms with E-state index < -0.39 is 5.63 Å². The van der Waals surface area contributed by atoms with E-state index in [0.717, 1.165) is 31.5 Å². The number of rotatable bonds is 2. The molecule has 1 aliphatic rings. The van der Waals surface area contributed by atoms with Crippen molar-refractivity contribution in [2.24, 2.45) is 0 Å². The first kappa shape index (κ1) is 19.0. The number of fused-ring (bicyclic) bond motifs is 4. The van der Waals surface area contributed by atoms with Crippen molar-refractivity contribution in [2.75, 3.05) is 31.1 Å². The summed E-state index contributed by atoms with van der Waals surface area (Å²) in [5.41, 5.74) is 0.978. The predicted octanol–water partition coefficient (Wildman–Crippen LogP) is 4.52.